The van der Waals surface area contributed by atoms with Crippen molar-refractivity contribution in [2.75, 3.05) is 11.1 Å². The number of hydrogen-bond acceptors (Lipinski definition) is 5. The van der Waals surface area contributed by atoms with E-state index in [9.17, 15) is 4.79 Å². The van der Waals surface area contributed by atoms with E-state index in [4.69, 9.17) is 4.42 Å². The molecule has 0 bridgehead atoms. The Morgan fingerprint density at radius 2 is 2.00 bits per heavy atom. The molecule has 0 unspecified atom stereocenters. The van der Waals surface area contributed by atoms with Crippen LogP contribution in [0.25, 0.3) is 10.9 Å². The van der Waals surface area contributed by atoms with Crippen LogP contribution < -0.4 is 11.1 Å². The molecule has 9 heteroatoms. The molecule has 0 fully saturated rings. The fraction of sp³-hybridized carbons (Fsp3) is 0.150. The largest absolute Gasteiger partial charge is 0.410 e. The Morgan fingerprint density at radius 3 is 2.83 bits per heavy atom. The summed E-state index contributed by atoms with van der Waals surface area (Å²) in [6.45, 7) is 0. The maximum absolute atomic E-state index is 12.1. The maximum Gasteiger partial charge on any atom is 0.277 e. The van der Waals surface area contributed by atoms with Crippen LogP contribution in [0.2, 0.25) is 0 Å². The Kier molecular flexibility index (Phi) is 5.98. The second-order valence-corrected chi connectivity index (χ2v) is 8.35. The molecule has 0 saturated carbocycles. The molecule has 0 aliphatic heterocycles. The number of amides is 1. The van der Waals surface area contributed by atoms with Crippen LogP contribution in [0, 0.1) is 0 Å². The molecule has 29 heavy (non-hydrogen) atoms. The fourth-order valence-corrected chi connectivity index (χ4v) is 3.79. The van der Waals surface area contributed by atoms with Crippen molar-refractivity contribution in [3.05, 3.63) is 70.7 Å². The molecule has 4 aromatic rings. The van der Waals surface area contributed by atoms with Gasteiger partial charge in [-0.25, -0.2) is 0 Å². The van der Waals surface area contributed by atoms with Gasteiger partial charge in [0.15, 0.2) is 6.04 Å². The van der Waals surface area contributed by atoms with Gasteiger partial charge >= 0.3 is 0 Å². The summed E-state index contributed by atoms with van der Waals surface area (Å²) in [5, 5.41) is 12.5. The van der Waals surface area contributed by atoms with Crippen LogP contribution in [0.5, 0.6) is 0 Å². The lowest BCUT2D eigenvalue weighted by atomic mass is 10.1. The van der Waals surface area contributed by atoms with E-state index in [1.807, 2.05) is 48.7 Å². The smallest absolute Gasteiger partial charge is 0.277 e. The maximum atomic E-state index is 12.1. The van der Waals surface area contributed by atoms with Gasteiger partial charge in [0.25, 0.3) is 11.1 Å². The number of rotatable bonds is 7. The highest BCUT2D eigenvalue weighted by Gasteiger charge is 2.20. The van der Waals surface area contributed by atoms with Crippen LogP contribution in [0.4, 0.5) is 5.69 Å². The standard InChI is InChI=1S/C20H18BrN5O2S/c21-13-5-7-14(8-6-13)24-18(27)11-29-20-26-25-19(28-20)16(22)9-12-10-23-17-4-2-1-3-15(12)17/h1-8,10,16,23H,9,11,22H2,(H,24,27)/p+1/t16-/m0/s1. The summed E-state index contributed by atoms with van der Waals surface area (Å²) >= 11 is 4.57. The highest BCUT2D eigenvalue weighted by atomic mass is 79.9. The molecule has 0 radical (unpaired) electrons. The number of hydrogen-bond donors (Lipinski definition) is 3. The van der Waals surface area contributed by atoms with Crippen LogP contribution in [-0.2, 0) is 11.2 Å². The van der Waals surface area contributed by atoms with Gasteiger partial charge in [0.1, 0.15) is 0 Å². The molecule has 5 N–H and O–H groups in total. The molecule has 2 aromatic heterocycles. The number of carbonyl (C=O) groups excluding carboxylic acids is 1. The lowest BCUT2D eigenvalue weighted by Crippen LogP contribution is -2.54. The molecule has 0 spiro atoms. The molecule has 1 amide bonds. The van der Waals surface area contributed by atoms with Gasteiger partial charge in [-0.15, -0.1) is 10.2 Å². The molecular formula is C20H19BrN5O2S+. The Morgan fingerprint density at radius 1 is 1.21 bits per heavy atom. The summed E-state index contributed by atoms with van der Waals surface area (Å²) in [7, 11) is 0. The number of H-pyrrole nitrogens is 1. The monoisotopic (exact) mass is 472 g/mol. The SMILES string of the molecule is [NH3+][C@@H](Cc1c[nH]c2ccccc12)c1nnc(SCC(=O)Nc2ccc(Br)cc2)o1. The zero-order valence-corrected chi connectivity index (χ0v) is 17.8. The van der Waals surface area contributed by atoms with Gasteiger partial charge in [-0.3, -0.25) is 4.79 Å². The molecule has 7 nitrogen and oxygen atoms in total. The van der Waals surface area contributed by atoms with Crippen molar-refractivity contribution in [2.45, 2.75) is 17.7 Å². The van der Waals surface area contributed by atoms with E-state index in [1.54, 1.807) is 0 Å². The highest BCUT2D eigenvalue weighted by molar-refractivity contribution is 9.10. The van der Waals surface area contributed by atoms with Crippen LogP contribution in [-0.4, -0.2) is 26.8 Å². The van der Waals surface area contributed by atoms with Crippen LogP contribution in [0.3, 0.4) is 0 Å². The van der Waals surface area contributed by atoms with Crippen molar-refractivity contribution >= 4 is 50.2 Å². The van der Waals surface area contributed by atoms with E-state index in [0.29, 0.717) is 17.5 Å². The number of para-hydroxylation sites is 1. The molecular weight excluding hydrogens is 454 g/mol. The number of aromatic amines is 1. The Balaban J connectivity index is 1.33. The van der Waals surface area contributed by atoms with Gasteiger partial charge in [0, 0.05) is 33.7 Å². The second kappa shape index (κ2) is 8.81. The van der Waals surface area contributed by atoms with Crippen LogP contribution in [0.1, 0.15) is 17.5 Å². The minimum atomic E-state index is -0.173. The van der Waals surface area contributed by atoms with E-state index in [0.717, 1.165) is 21.2 Å². The Labute approximate surface area is 179 Å². The van der Waals surface area contributed by atoms with Gasteiger partial charge < -0.3 is 20.5 Å². The van der Waals surface area contributed by atoms with E-state index >= 15 is 0 Å². The second-order valence-electron chi connectivity index (χ2n) is 6.51. The predicted octanol–water partition coefficient (Wildman–Crippen LogP) is 3.57. The normalized spacial score (nSPS) is 12.2. The van der Waals surface area contributed by atoms with Crippen LogP contribution >= 0.6 is 27.7 Å². The first-order chi connectivity index (χ1) is 14.1. The number of carbonyl (C=O) groups is 1. The van der Waals surface area contributed by atoms with Gasteiger partial charge in [-0.1, -0.05) is 45.9 Å². The summed E-state index contributed by atoms with van der Waals surface area (Å²) in [6.07, 6.45) is 2.67. The molecule has 0 aliphatic carbocycles. The van der Waals surface area contributed by atoms with Gasteiger partial charge in [-0.2, -0.15) is 0 Å². The van der Waals surface area contributed by atoms with Gasteiger partial charge in [0.05, 0.1) is 5.75 Å². The van der Waals surface area contributed by atoms with Crippen molar-refractivity contribution in [1.82, 2.24) is 15.2 Å². The summed E-state index contributed by atoms with van der Waals surface area (Å²) in [6, 6.07) is 15.4. The number of nitrogens with one attached hydrogen (secondary N) is 2. The van der Waals surface area contributed by atoms with E-state index in [2.05, 4.69) is 48.2 Å². The molecule has 148 valence electrons. The van der Waals surface area contributed by atoms with Crippen molar-refractivity contribution in [3.8, 4) is 0 Å². The molecule has 0 saturated heterocycles. The summed E-state index contributed by atoms with van der Waals surface area (Å²) < 4.78 is 6.66. The minimum Gasteiger partial charge on any atom is -0.410 e. The van der Waals surface area contributed by atoms with E-state index < -0.39 is 0 Å². The molecule has 4 rings (SSSR count). The molecule has 0 aliphatic rings. The van der Waals surface area contributed by atoms with E-state index in [-0.39, 0.29) is 17.7 Å². The van der Waals surface area contributed by atoms with Gasteiger partial charge in [-0.05, 0) is 35.9 Å². The first-order valence-corrected chi connectivity index (χ1v) is 10.8. The van der Waals surface area contributed by atoms with Crippen molar-refractivity contribution in [2.24, 2.45) is 0 Å². The summed E-state index contributed by atoms with van der Waals surface area (Å²) in [5.74, 6) is 0.509. The molecule has 2 aromatic carbocycles. The quantitative estimate of drug-likeness (QED) is 0.356. The zero-order valence-electron chi connectivity index (χ0n) is 15.4. The first-order valence-electron chi connectivity index (χ1n) is 8.98. The fourth-order valence-electron chi connectivity index (χ4n) is 2.95. The number of nitrogens with zero attached hydrogens (tertiary/aromatic N) is 2. The Hall–Kier alpha value is -2.62. The number of benzene rings is 2. The highest BCUT2D eigenvalue weighted by Crippen LogP contribution is 2.24. The van der Waals surface area contributed by atoms with E-state index in [1.165, 1.54) is 17.1 Å². The van der Waals surface area contributed by atoms with Crippen molar-refractivity contribution < 1.29 is 14.9 Å². The molecule has 1 atom stereocenters. The Bertz CT molecular complexity index is 1130. The first kappa shape index (κ1) is 19.7. The number of quaternary nitrogens is 1. The summed E-state index contributed by atoms with van der Waals surface area (Å²) in [4.78, 5) is 15.4. The number of fused-ring (bicyclic) bond motifs is 1. The van der Waals surface area contributed by atoms with Crippen molar-refractivity contribution in [3.63, 3.8) is 0 Å². The topological polar surface area (TPSA) is 111 Å². The summed E-state index contributed by atoms with van der Waals surface area (Å²) in [5.41, 5.74) is 7.14. The number of thioether (sulfide) groups is 1. The molecule has 2 heterocycles. The lowest BCUT2D eigenvalue weighted by molar-refractivity contribution is -0.431. The average Bonchev–Trinajstić information content (AvgIpc) is 3.36. The predicted molar refractivity (Wildman–Crippen MR) is 115 cm³/mol. The van der Waals surface area contributed by atoms with Crippen molar-refractivity contribution in [1.29, 1.82) is 0 Å². The number of halogens is 1. The number of aromatic nitrogens is 3. The van der Waals surface area contributed by atoms with Crippen LogP contribution in [0.15, 0.2) is 68.8 Å². The lowest BCUT2D eigenvalue weighted by Gasteiger charge is -2.04. The third kappa shape index (κ3) is 4.87. The average molecular weight is 473 g/mol. The third-order valence-corrected chi connectivity index (χ3v) is 5.71. The third-order valence-electron chi connectivity index (χ3n) is 4.37. The van der Waals surface area contributed by atoms with Gasteiger partial charge in [0.2, 0.25) is 5.91 Å². The number of anilines is 1. The minimum absolute atomic E-state index is 0.137. The zero-order chi connectivity index (χ0) is 20.2.